The molecule has 3 nitrogen and oxygen atoms in total. The molecular weight excluding hydrogens is 212 g/mol. The first-order valence-electron chi connectivity index (χ1n) is 6.54. The van der Waals surface area contributed by atoms with Crippen LogP contribution in [0.3, 0.4) is 0 Å². The predicted molar refractivity (Wildman–Crippen MR) is 67.3 cm³/mol. The molecule has 1 aromatic carbocycles. The minimum Gasteiger partial charge on any atom is -0.373 e. The van der Waals surface area contributed by atoms with Crippen LogP contribution in [0.25, 0.3) is 0 Å². The van der Waals surface area contributed by atoms with Gasteiger partial charge in [0.1, 0.15) is 0 Å². The summed E-state index contributed by atoms with van der Waals surface area (Å²) in [6.07, 6.45) is 4.88. The molecule has 0 radical (unpaired) electrons. The normalized spacial score (nSPS) is 25.4. The van der Waals surface area contributed by atoms with E-state index in [9.17, 15) is 0 Å². The van der Waals surface area contributed by atoms with Gasteiger partial charge in [0.25, 0.3) is 0 Å². The first kappa shape index (κ1) is 11.2. The van der Waals surface area contributed by atoms with Gasteiger partial charge >= 0.3 is 0 Å². The second kappa shape index (κ2) is 4.77. The number of hydrazine groups is 1. The topological polar surface area (TPSA) is 47.3 Å². The van der Waals surface area contributed by atoms with E-state index in [4.69, 9.17) is 10.6 Å². The fourth-order valence-electron chi connectivity index (χ4n) is 2.80. The molecule has 3 heteroatoms. The maximum absolute atomic E-state index is 5.92. The molecule has 17 heavy (non-hydrogen) atoms. The molecule has 3 rings (SSSR count). The zero-order valence-corrected chi connectivity index (χ0v) is 10.1. The minimum atomic E-state index is 0.224. The monoisotopic (exact) mass is 232 g/mol. The Bertz CT molecular complexity index is 390. The zero-order valence-electron chi connectivity index (χ0n) is 10.1. The van der Waals surface area contributed by atoms with Crippen molar-refractivity contribution in [1.82, 2.24) is 5.43 Å². The summed E-state index contributed by atoms with van der Waals surface area (Å²) in [6, 6.07) is 9.03. The van der Waals surface area contributed by atoms with E-state index in [-0.39, 0.29) is 6.10 Å². The summed E-state index contributed by atoms with van der Waals surface area (Å²) in [6.45, 7) is 0.837. The van der Waals surface area contributed by atoms with Gasteiger partial charge < -0.3 is 4.74 Å². The van der Waals surface area contributed by atoms with E-state index in [1.807, 2.05) is 0 Å². The molecule has 1 aliphatic heterocycles. The number of rotatable bonds is 4. The van der Waals surface area contributed by atoms with Gasteiger partial charge in [0.15, 0.2) is 0 Å². The van der Waals surface area contributed by atoms with Crippen molar-refractivity contribution in [1.29, 1.82) is 0 Å². The number of ether oxygens (including phenoxy) is 1. The van der Waals surface area contributed by atoms with Crippen LogP contribution in [-0.2, 0) is 11.2 Å². The molecule has 92 valence electrons. The maximum Gasteiger partial charge on any atom is 0.0843 e. The number of fused-ring (bicyclic) bond motifs is 1. The Morgan fingerprint density at radius 2 is 2.18 bits per heavy atom. The summed E-state index contributed by atoms with van der Waals surface area (Å²) in [7, 11) is 0. The second-order valence-corrected chi connectivity index (χ2v) is 5.15. The van der Waals surface area contributed by atoms with Gasteiger partial charge in [-0.25, -0.2) is 0 Å². The molecule has 2 unspecified atom stereocenters. The highest BCUT2D eigenvalue weighted by Crippen LogP contribution is 2.38. The number of nitrogens with one attached hydrogen (secondary N) is 1. The van der Waals surface area contributed by atoms with Gasteiger partial charge in [-0.05, 0) is 42.7 Å². The van der Waals surface area contributed by atoms with Gasteiger partial charge in [-0.1, -0.05) is 24.3 Å². The van der Waals surface area contributed by atoms with Crippen LogP contribution in [0.1, 0.15) is 36.5 Å². The molecule has 1 aliphatic carbocycles. The maximum atomic E-state index is 5.92. The second-order valence-electron chi connectivity index (χ2n) is 5.15. The van der Waals surface area contributed by atoms with Gasteiger partial charge in [-0.15, -0.1) is 0 Å². The van der Waals surface area contributed by atoms with E-state index >= 15 is 0 Å². The molecule has 1 saturated carbocycles. The predicted octanol–water partition coefficient (Wildman–Crippen LogP) is 1.93. The first-order valence-corrected chi connectivity index (χ1v) is 6.54. The summed E-state index contributed by atoms with van der Waals surface area (Å²) in [5.41, 5.74) is 5.76. The molecule has 0 saturated heterocycles. The van der Waals surface area contributed by atoms with E-state index < -0.39 is 0 Å². The third kappa shape index (κ3) is 2.37. The smallest absolute Gasteiger partial charge is 0.0843 e. The Balaban J connectivity index is 1.75. The highest BCUT2D eigenvalue weighted by molar-refractivity contribution is 5.31. The third-order valence-electron chi connectivity index (χ3n) is 3.97. The summed E-state index contributed by atoms with van der Waals surface area (Å²) in [4.78, 5) is 0. The highest BCUT2D eigenvalue weighted by atomic mass is 16.5. The highest BCUT2D eigenvalue weighted by Gasteiger charge is 2.33. The Morgan fingerprint density at radius 1 is 1.35 bits per heavy atom. The number of hydrogen-bond acceptors (Lipinski definition) is 3. The van der Waals surface area contributed by atoms with Crippen LogP contribution >= 0.6 is 0 Å². The molecule has 1 heterocycles. The van der Waals surface area contributed by atoms with E-state index in [0.717, 1.165) is 25.4 Å². The van der Waals surface area contributed by atoms with E-state index in [2.05, 4.69) is 29.7 Å². The van der Waals surface area contributed by atoms with Gasteiger partial charge in [0.2, 0.25) is 0 Å². The van der Waals surface area contributed by atoms with E-state index in [0.29, 0.717) is 6.04 Å². The lowest BCUT2D eigenvalue weighted by atomic mass is 9.92. The molecule has 0 amide bonds. The Hall–Kier alpha value is -0.900. The van der Waals surface area contributed by atoms with Crippen LogP contribution in [-0.4, -0.2) is 12.6 Å². The van der Waals surface area contributed by atoms with Crippen LogP contribution in [0.2, 0.25) is 0 Å². The van der Waals surface area contributed by atoms with E-state index in [1.54, 1.807) is 0 Å². The average Bonchev–Trinajstić information content (AvgIpc) is 3.20. The van der Waals surface area contributed by atoms with Crippen LogP contribution in [0, 0.1) is 5.92 Å². The third-order valence-corrected chi connectivity index (χ3v) is 3.97. The summed E-state index contributed by atoms with van der Waals surface area (Å²) in [5.74, 6) is 6.41. The van der Waals surface area contributed by atoms with Crippen LogP contribution in [0.15, 0.2) is 24.3 Å². The molecule has 0 spiro atoms. The standard InChI is InChI=1S/C14H20N2O/c15-16-13(11-5-6-11)9-14-12-4-2-1-3-10(12)7-8-17-14/h1-4,11,13-14,16H,5-9,15H2. The fourth-order valence-corrected chi connectivity index (χ4v) is 2.80. The summed E-state index contributed by atoms with van der Waals surface area (Å²) < 4.78 is 5.92. The molecule has 2 aliphatic rings. The SMILES string of the molecule is NNC(CC1OCCc2ccccc21)C1CC1. The fraction of sp³-hybridized carbons (Fsp3) is 0.571. The quantitative estimate of drug-likeness (QED) is 0.616. The molecular formula is C14H20N2O. The van der Waals surface area contributed by atoms with Crippen molar-refractivity contribution in [2.75, 3.05) is 6.61 Å². The van der Waals surface area contributed by atoms with Crippen LogP contribution in [0.4, 0.5) is 0 Å². The number of hydrogen-bond donors (Lipinski definition) is 2. The first-order chi connectivity index (χ1) is 8.38. The van der Waals surface area contributed by atoms with Gasteiger partial charge in [0.05, 0.1) is 12.7 Å². The Morgan fingerprint density at radius 3 is 2.94 bits per heavy atom. The van der Waals surface area contributed by atoms with Gasteiger partial charge in [-0.3, -0.25) is 11.3 Å². The lowest BCUT2D eigenvalue weighted by molar-refractivity contribution is 0.0277. The zero-order chi connectivity index (χ0) is 11.7. The molecule has 0 aromatic heterocycles. The molecule has 1 fully saturated rings. The van der Waals surface area contributed by atoms with Crippen LogP contribution in [0.5, 0.6) is 0 Å². The lowest BCUT2D eigenvalue weighted by Gasteiger charge is -2.29. The molecule has 2 atom stereocenters. The largest absolute Gasteiger partial charge is 0.373 e. The van der Waals surface area contributed by atoms with Gasteiger partial charge in [0, 0.05) is 6.04 Å². The Labute approximate surface area is 102 Å². The van der Waals surface area contributed by atoms with Crippen molar-refractivity contribution >= 4 is 0 Å². The van der Waals surface area contributed by atoms with Crippen molar-refractivity contribution in [3.63, 3.8) is 0 Å². The summed E-state index contributed by atoms with van der Waals surface area (Å²) >= 11 is 0. The van der Waals surface area contributed by atoms with Crippen molar-refractivity contribution in [3.05, 3.63) is 35.4 Å². The van der Waals surface area contributed by atoms with Crippen molar-refractivity contribution in [2.24, 2.45) is 11.8 Å². The molecule has 3 N–H and O–H groups in total. The minimum absolute atomic E-state index is 0.224. The Kier molecular flexibility index (Phi) is 3.14. The number of benzene rings is 1. The molecule has 0 bridgehead atoms. The average molecular weight is 232 g/mol. The van der Waals surface area contributed by atoms with Crippen molar-refractivity contribution < 1.29 is 4.74 Å². The summed E-state index contributed by atoms with van der Waals surface area (Å²) in [5, 5.41) is 0. The van der Waals surface area contributed by atoms with Crippen molar-refractivity contribution in [3.8, 4) is 0 Å². The van der Waals surface area contributed by atoms with Crippen LogP contribution < -0.4 is 11.3 Å². The number of nitrogens with two attached hydrogens (primary N) is 1. The lowest BCUT2D eigenvalue weighted by Crippen LogP contribution is -2.38. The van der Waals surface area contributed by atoms with Gasteiger partial charge in [-0.2, -0.15) is 0 Å². The van der Waals surface area contributed by atoms with Crippen molar-refractivity contribution in [2.45, 2.75) is 37.8 Å². The molecule has 1 aromatic rings. The van der Waals surface area contributed by atoms with E-state index in [1.165, 1.54) is 24.0 Å².